The van der Waals surface area contributed by atoms with Crippen LogP contribution in [0, 0.1) is 5.92 Å². The number of imide groups is 1. The summed E-state index contributed by atoms with van der Waals surface area (Å²) in [6, 6.07) is 10.4. The van der Waals surface area contributed by atoms with E-state index in [1.165, 1.54) is 4.68 Å². The van der Waals surface area contributed by atoms with Crippen molar-refractivity contribution in [3.8, 4) is 5.69 Å². The Bertz CT molecular complexity index is 872. The number of aromatic nitrogens is 2. The molecule has 1 heterocycles. The number of carbonyl (C=O) groups excluding carboxylic acids is 3. The number of para-hydroxylation sites is 1. The number of carbonyl (C=O) groups is 3. The Labute approximate surface area is 169 Å². The third-order valence-electron chi connectivity index (χ3n) is 4.53. The van der Waals surface area contributed by atoms with Crippen LogP contribution in [0.15, 0.2) is 36.4 Å². The quantitative estimate of drug-likeness (QED) is 0.666. The van der Waals surface area contributed by atoms with E-state index in [0.717, 1.165) is 30.6 Å². The van der Waals surface area contributed by atoms with E-state index in [1.807, 2.05) is 44.2 Å². The van der Waals surface area contributed by atoms with Crippen LogP contribution in [0.5, 0.6) is 0 Å². The highest BCUT2D eigenvalue weighted by atomic mass is 16.5. The zero-order valence-corrected chi connectivity index (χ0v) is 16.7. The van der Waals surface area contributed by atoms with Crippen molar-refractivity contribution in [2.45, 2.75) is 39.0 Å². The number of hydrogen-bond donors (Lipinski definition) is 2. The summed E-state index contributed by atoms with van der Waals surface area (Å²) >= 11 is 0. The van der Waals surface area contributed by atoms with Gasteiger partial charge >= 0.3 is 12.0 Å². The van der Waals surface area contributed by atoms with Gasteiger partial charge in [-0.15, -0.1) is 0 Å². The number of nitrogens with one attached hydrogen (secondary N) is 2. The SMILES string of the molecule is CC(C)CCNC(=O)NC(=O)COC(=O)c1cc(C2CC2)nn1-c1ccccc1. The van der Waals surface area contributed by atoms with E-state index in [-0.39, 0.29) is 5.69 Å². The number of benzene rings is 1. The molecular formula is C21H26N4O4. The summed E-state index contributed by atoms with van der Waals surface area (Å²) in [6.45, 7) is 4.00. The van der Waals surface area contributed by atoms with E-state index in [0.29, 0.717) is 18.4 Å². The molecule has 0 bridgehead atoms. The molecule has 29 heavy (non-hydrogen) atoms. The fourth-order valence-corrected chi connectivity index (χ4v) is 2.78. The van der Waals surface area contributed by atoms with E-state index >= 15 is 0 Å². The Morgan fingerprint density at radius 1 is 1.21 bits per heavy atom. The van der Waals surface area contributed by atoms with Crippen molar-refractivity contribution in [1.29, 1.82) is 0 Å². The molecule has 1 saturated carbocycles. The molecule has 0 aliphatic heterocycles. The van der Waals surface area contributed by atoms with E-state index < -0.39 is 24.5 Å². The van der Waals surface area contributed by atoms with Crippen molar-refractivity contribution in [2.24, 2.45) is 5.92 Å². The van der Waals surface area contributed by atoms with Crippen LogP contribution in [-0.4, -0.2) is 40.8 Å². The molecule has 1 aromatic carbocycles. The second kappa shape index (κ2) is 9.36. The predicted molar refractivity (Wildman–Crippen MR) is 107 cm³/mol. The number of nitrogens with zero attached hydrogens (tertiary/aromatic N) is 2. The van der Waals surface area contributed by atoms with Crippen molar-refractivity contribution in [3.63, 3.8) is 0 Å². The second-order valence-electron chi connectivity index (χ2n) is 7.54. The molecule has 0 saturated heterocycles. The molecule has 3 rings (SSSR count). The summed E-state index contributed by atoms with van der Waals surface area (Å²) in [6.07, 6.45) is 2.91. The maximum atomic E-state index is 12.6. The number of amides is 3. The van der Waals surface area contributed by atoms with E-state index in [1.54, 1.807) is 6.07 Å². The number of ether oxygens (including phenoxy) is 1. The zero-order chi connectivity index (χ0) is 20.8. The van der Waals surface area contributed by atoms with Gasteiger partial charge in [0.25, 0.3) is 5.91 Å². The van der Waals surface area contributed by atoms with Crippen LogP contribution >= 0.6 is 0 Å². The lowest BCUT2D eigenvalue weighted by Gasteiger charge is -2.09. The maximum absolute atomic E-state index is 12.6. The highest BCUT2D eigenvalue weighted by molar-refractivity contribution is 5.96. The molecule has 8 nitrogen and oxygen atoms in total. The Morgan fingerprint density at radius 2 is 1.93 bits per heavy atom. The third kappa shape index (κ3) is 5.91. The maximum Gasteiger partial charge on any atom is 0.357 e. The second-order valence-corrected chi connectivity index (χ2v) is 7.54. The first-order valence-electron chi connectivity index (χ1n) is 9.84. The molecule has 3 amide bonds. The minimum absolute atomic E-state index is 0.257. The predicted octanol–water partition coefficient (Wildman–Crippen LogP) is 2.78. The summed E-state index contributed by atoms with van der Waals surface area (Å²) in [5.74, 6) is -0.538. The summed E-state index contributed by atoms with van der Waals surface area (Å²) in [5, 5.41) is 9.28. The number of rotatable bonds is 8. The topological polar surface area (TPSA) is 102 Å². The van der Waals surface area contributed by atoms with Gasteiger partial charge in [0.1, 0.15) is 0 Å². The van der Waals surface area contributed by atoms with Gasteiger partial charge in [-0.25, -0.2) is 14.3 Å². The van der Waals surface area contributed by atoms with Gasteiger partial charge in [0.2, 0.25) is 0 Å². The van der Waals surface area contributed by atoms with Gasteiger partial charge in [0.05, 0.1) is 11.4 Å². The van der Waals surface area contributed by atoms with E-state index in [4.69, 9.17) is 4.74 Å². The van der Waals surface area contributed by atoms with Crippen LogP contribution in [0.1, 0.15) is 55.2 Å². The third-order valence-corrected chi connectivity index (χ3v) is 4.53. The molecule has 2 N–H and O–H groups in total. The van der Waals surface area contributed by atoms with Crippen LogP contribution < -0.4 is 10.6 Å². The van der Waals surface area contributed by atoms with Crippen molar-refractivity contribution in [2.75, 3.05) is 13.2 Å². The molecule has 1 aliphatic carbocycles. The van der Waals surface area contributed by atoms with Gasteiger partial charge < -0.3 is 10.1 Å². The fraction of sp³-hybridized carbons (Fsp3) is 0.429. The van der Waals surface area contributed by atoms with Gasteiger partial charge in [-0.3, -0.25) is 10.1 Å². The van der Waals surface area contributed by atoms with Gasteiger partial charge in [0, 0.05) is 12.5 Å². The molecule has 1 aliphatic rings. The summed E-state index contributed by atoms with van der Waals surface area (Å²) in [4.78, 5) is 36.1. The minimum Gasteiger partial charge on any atom is -0.451 e. The Balaban J connectivity index is 1.58. The van der Waals surface area contributed by atoms with Crippen molar-refractivity contribution in [3.05, 3.63) is 47.8 Å². The minimum atomic E-state index is -0.686. The largest absolute Gasteiger partial charge is 0.451 e. The number of esters is 1. The van der Waals surface area contributed by atoms with Crippen LogP contribution in [0.2, 0.25) is 0 Å². The van der Waals surface area contributed by atoms with Gasteiger partial charge in [0.15, 0.2) is 12.3 Å². The van der Waals surface area contributed by atoms with Gasteiger partial charge in [-0.2, -0.15) is 5.10 Å². The average Bonchev–Trinajstić information content (AvgIpc) is 3.45. The summed E-state index contributed by atoms with van der Waals surface area (Å²) < 4.78 is 6.65. The van der Waals surface area contributed by atoms with Crippen LogP contribution in [0.25, 0.3) is 5.69 Å². The molecule has 8 heteroatoms. The Hall–Kier alpha value is -3.16. The molecule has 0 atom stereocenters. The van der Waals surface area contributed by atoms with Crippen molar-refractivity contribution >= 4 is 17.9 Å². The first kappa shape index (κ1) is 20.6. The molecule has 2 aromatic rings. The Morgan fingerprint density at radius 3 is 2.59 bits per heavy atom. The van der Waals surface area contributed by atoms with Crippen LogP contribution in [0.3, 0.4) is 0 Å². The van der Waals surface area contributed by atoms with Gasteiger partial charge in [-0.1, -0.05) is 32.0 Å². The van der Waals surface area contributed by atoms with Gasteiger partial charge in [-0.05, 0) is 43.4 Å². The molecule has 1 aromatic heterocycles. The van der Waals surface area contributed by atoms with E-state index in [9.17, 15) is 14.4 Å². The highest BCUT2D eigenvalue weighted by Gasteiger charge is 2.29. The molecular weight excluding hydrogens is 372 g/mol. The molecule has 1 fully saturated rings. The first-order chi connectivity index (χ1) is 13.9. The molecule has 0 spiro atoms. The molecule has 0 unspecified atom stereocenters. The smallest absolute Gasteiger partial charge is 0.357 e. The van der Waals surface area contributed by atoms with E-state index in [2.05, 4.69) is 15.7 Å². The summed E-state index contributed by atoms with van der Waals surface area (Å²) in [5.41, 5.74) is 1.84. The number of urea groups is 1. The summed E-state index contributed by atoms with van der Waals surface area (Å²) in [7, 11) is 0. The monoisotopic (exact) mass is 398 g/mol. The molecule has 154 valence electrons. The zero-order valence-electron chi connectivity index (χ0n) is 16.7. The normalized spacial score (nSPS) is 13.2. The highest BCUT2D eigenvalue weighted by Crippen LogP contribution is 2.39. The van der Waals surface area contributed by atoms with Crippen LogP contribution in [0.4, 0.5) is 4.79 Å². The van der Waals surface area contributed by atoms with Crippen molar-refractivity contribution in [1.82, 2.24) is 20.4 Å². The average molecular weight is 398 g/mol. The van der Waals surface area contributed by atoms with Crippen LogP contribution in [-0.2, 0) is 9.53 Å². The standard InChI is InChI=1S/C21H26N4O4/c1-14(2)10-11-22-21(28)23-19(26)13-29-20(27)18-12-17(15-8-9-15)24-25(18)16-6-4-3-5-7-16/h3-7,12,14-15H,8-11,13H2,1-2H3,(H2,22,23,26,28). The Kier molecular flexibility index (Phi) is 6.64. The lowest BCUT2D eigenvalue weighted by Crippen LogP contribution is -2.42. The first-order valence-corrected chi connectivity index (χ1v) is 9.84. The lowest BCUT2D eigenvalue weighted by molar-refractivity contribution is -0.123. The molecule has 0 radical (unpaired) electrons. The van der Waals surface area contributed by atoms with Crippen molar-refractivity contribution < 1.29 is 19.1 Å². The fourth-order valence-electron chi connectivity index (χ4n) is 2.78. The number of hydrogen-bond acceptors (Lipinski definition) is 5. The lowest BCUT2D eigenvalue weighted by atomic mass is 10.1.